The second-order valence-electron chi connectivity index (χ2n) is 7.22. The van der Waals surface area contributed by atoms with Gasteiger partial charge >= 0.3 is 0 Å². The first-order valence-corrected chi connectivity index (χ1v) is 10.9. The van der Waals surface area contributed by atoms with E-state index in [1.54, 1.807) is 30.3 Å². The van der Waals surface area contributed by atoms with Gasteiger partial charge in [0, 0.05) is 30.2 Å². The van der Waals surface area contributed by atoms with Crippen molar-refractivity contribution >= 4 is 44.0 Å². The quantitative estimate of drug-likeness (QED) is 0.402. The Hall–Kier alpha value is -3.33. The number of hydrogen-bond donors (Lipinski definition) is 2. The fourth-order valence-corrected chi connectivity index (χ4v) is 5.01. The summed E-state index contributed by atoms with van der Waals surface area (Å²) in [6, 6.07) is 16.2. The second kappa shape index (κ2) is 9.44. The summed E-state index contributed by atoms with van der Waals surface area (Å²) < 4.78 is 7.45. The summed E-state index contributed by atoms with van der Waals surface area (Å²) in [5.41, 5.74) is 1.30. The minimum Gasteiger partial charge on any atom is -0.395 e. The first-order chi connectivity index (χ1) is 15.6. The Bertz CT molecular complexity index is 1360. The molecule has 4 aromatic rings. The molecule has 2 heterocycles. The van der Waals surface area contributed by atoms with Crippen LogP contribution in [-0.2, 0) is 17.9 Å². The summed E-state index contributed by atoms with van der Waals surface area (Å²) in [6.07, 6.45) is 0. The Morgan fingerprint density at radius 2 is 1.81 bits per heavy atom. The highest BCUT2D eigenvalue weighted by molar-refractivity contribution is 7.22. The third kappa shape index (κ3) is 3.95. The molecule has 7 nitrogen and oxygen atoms in total. The Morgan fingerprint density at radius 3 is 2.53 bits per heavy atom. The van der Waals surface area contributed by atoms with Crippen LogP contribution in [0.25, 0.3) is 21.0 Å². The molecule has 164 valence electrons. The summed E-state index contributed by atoms with van der Waals surface area (Å²) >= 11 is 1.22. The van der Waals surface area contributed by atoms with E-state index in [2.05, 4.69) is 5.32 Å². The summed E-state index contributed by atoms with van der Waals surface area (Å²) in [6.45, 7) is -0.126. The van der Waals surface area contributed by atoms with E-state index >= 15 is 0 Å². The lowest BCUT2D eigenvalue weighted by molar-refractivity contribution is 0.0942. The number of benzene rings is 2. The fourth-order valence-electron chi connectivity index (χ4n) is 3.76. The number of fused-ring (bicyclic) bond motifs is 3. The van der Waals surface area contributed by atoms with Gasteiger partial charge in [0.15, 0.2) is 5.78 Å². The average Bonchev–Trinajstić information content (AvgIpc) is 3.20. The molecule has 4 rings (SSSR count). The largest absolute Gasteiger partial charge is 0.395 e. The van der Waals surface area contributed by atoms with Gasteiger partial charge < -0.3 is 15.2 Å². The first kappa shape index (κ1) is 21.9. The maximum absolute atomic E-state index is 13.6. The molecule has 0 aliphatic heterocycles. The molecule has 32 heavy (non-hydrogen) atoms. The van der Waals surface area contributed by atoms with Crippen molar-refractivity contribution in [3.63, 3.8) is 0 Å². The van der Waals surface area contributed by atoms with Crippen molar-refractivity contribution in [1.29, 1.82) is 0 Å². The zero-order chi connectivity index (χ0) is 22.7. The highest BCUT2D eigenvalue weighted by Crippen LogP contribution is 2.35. The Labute approximate surface area is 187 Å². The number of rotatable bonds is 8. The smallest absolute Gasteiger partial charge is 0.261 e. The van der Waals surface area contributed by atoms with E-state index in [1.165, 1.54) is 23.0 Å². The van der Waals surface area contributed by atoms with Crippen molar-refractivity contribution in [2.75, 3.05) is 20.3 Å². The molecule has 0 saturated heterocycles. The number of nitrogens with one attached hydrogen (secondary N) is 1. The van der Waals surface area contributed by atoms with E-state index in [9.17, 15) is 14.4 Å². The third-order valence-electron chi connectivity index (χ3n) is 5.20. The molecular formula is C24H22N2O5S. The van der Waals surface area contributed by atoms with Gasteiger partial charge in [-0.25, -0.2) is 0 Å². The molecule has 0 spiro atoms. The maximum Gasteiger partial charge on any atom is 0.261 e. The molecule has 2 N–H and O–H groups in total. The van der Waals surface area contributed by atoms with Gasteiger partial charge in [0.05, 0.1) is 40.2 Å². The van der Waals surface area contributed by atoms with Gasteiger partial charge in [-0.3, -0.25) is 19.0 Å². The average molecular weight is 451 g/mol. The SMILES string of the molecule is COCc1c(C(=O)NCCO)sc2c1c(=O)n(CC(=O)c1ccccc1)c1ccccc21. The number of amides is 1. The molecule has 0 radical (unpaired) electrons. The Morgan fingerprint density at radius 1 is 1.09 bits per heavy atom. The van der Waals surface area contributed by atoms with E-state index in [0.29, 0.717) is 31.6 Å². The molecule has 2 aromatic heterocycles. The van der Waals surface area contributed by atoms with Crippen LogP contribution in [0.2, 0.25) is 0 Å². The van der Waals surface area contributed by atoms with Crippen LogP contribution in [0.4, 0.5) is 0 Å². The minimum atomic E-state index is -0.373. The molecule has 0 bridgehead atoms. The molecule has 1 amide bonds. The number of thiophene rings is 1. The van der Waals surface area contributed by atoms with Gasteiger partial charge in [0.25, 0.3) is 11.5 Å². The van der Waals surface area contributed by atoms with Crippen molar-refractivity contribution < 1.29 is 19.4 Å². The van der Waals surface area contributed by atoms with E-state index in [0.717, 1.165) is 5.39 Å². The molecule has 0 atom stereocenters. The highest BCUT2D eigenvalue weighted by atomic mass is 32.1. The summed E-state index contributed by atoms with van der Waals surface area (Å²) in [7, 11) is 1.50. The lowest BCUT2D eigenvalue weighted by Crippen LogP contribution is -2.27. The monoisotopic (exact) mass is 450 g/mol. The predicted octanol–water partition coefficient (Wildman–Crippen LogP) is 2.97. The standard InChI is InChI=1S/C24H22N2O5S/c1-31-14-17-20-21(32-22(17)23(29)25-11-12-27)16-9-5-6-10-18(16)26(24(20)30)13-19(28)15-7-3-2-4-8-15/h2-10,27H,11-14H2,1H3,(H,25,29). The van der Waals surface area contributed by atoms with Crippen LogP contribution < -0.4 is 10.9 Å². The van der Waals surface area contributed by atoms with Gasteiger partial charge in [0.2, 0.25) is 0 Å². The number of para-hydroxylation sites is 1. The molecule has 0 unspecified atom stereocenters. The van der Waals surface area contributed by atoms with Crippen molar-refractivity contribution in [1.82, 2.24) is 9.88 Å². The zero-order valence-corrected chi connectivity index (χ0v) is 18.3. The molecule has 0 aliphatic carbocycles. The van der Waals surface area contributed by atoms with E-state index in [-0.39, 0.29) is 43.6 Å². The van der Waals surface area contributed by atoms with Gasteiger partial charge in [0.1, 0.15) is 0 Å². The topological polar surface area (TPSA) is 97.6 Å². The normalized spacial score (nSPS) is 11.2. The van der Waals surface area contributed by atoms with Gasteiger partial charge in [-0.1, -0.05) is 48.5 Å². The van der Waals surface area contributed by atoms with Crippen LogP contribution in [-0.4, -0.2) is 41.6 Å². The molecule has 0 aliphatic rings. The summed E-state index contributed by atoms with van der Waals surface area (Å²) in [5, 5.41) is 12.9. The molecule has 8 heteroatoms. The van der Waals surface area contributed by atoms with Gasteiger partial charge in [-0.15, -0.1) is 11.3 Å². The van der Waals surface area contributed by atoms with Crippen LogP contribution in [0.3, 0.4) is 0 Å². The van der Waals surface area contributed by atoms with Crippen molar-refractivity contribution in [3.05, 3.63) is 81.0 Å². The number of ketones is 1. The number of ether oxygens (including phenoxy) is 1. The number of pyridine rings is 1. The van der Waals surface area contributed by atoms with Gasteiger partial charge in [-0.05, 0) is 6.07 Å². The van der Waals surface area contributed by atoms with Crippen LogP contribution in [0, 0.1) is 0 Å². The summed E-state index contributed by atoms with van der Waals surface area (Å²) in [5.74, 6) is -0.552. The molecule has 0 fully saturated rings. The predicted molar refractivity (Wildman–Crippen MR) is 124 cm³/mol. The first-order valence-electron chi connectivity index (χ1n) is 10.1. The van der Waals surface area contributed by atoms with Crippen LogP contribution in [0.1, 0.15) is 25.6 Å². The Kier molecular flexibility index (Phi) is 6.45. The second-order valence-corrected chi connectivity index (χ2v) is 8.24. The number of hydrogen-bond acceptors (Lipinski definition) is 6. The van der Waals surface area contributed by atoms with E-state index in [4.69, 9.17) is 9.84 Å². The van der Waals surface area contributed by atoms with Crippen LogP contribution in [0.15, 0.2) is 59.4 Å². The number of nitrogens with zero attached hydrogens (tertiary/aromatic N) is 1. The van der Waals surface area contributed by atoms with Crippen LogP contribution in [0.5, 0.6) is 0 Å². The van der Waals surface area contributed by atoms with E-state index in [1.807, 2.05) is 24.3 Å². The minimum absolute atomic E-state index is 0.0715. The summed E-state index contributed by atoms with van der Waals surface area (Å²) in [4.78, 5) is 39.7. The maximum atomic E-state index is 13.6. The number of aliphatic hydroxyl groups excluding tert-OH is 1. The highest BCUT2D eigenvalue weighted by Gasteiger charge is 2.24. The van der Waals surface area contributed by atoms with Crippen molar-refractivity contribution in [2.24, 2.45) is 0 Å². The number of carbonyl (C=O) groups excluding carboxylic acids is 2. The number of aliphatic hydroxyl groups is 1. The number of aromatic nitrogens is 1. The van der Waals surface area contributed by atoms with E-state index < -0.39 is 0 Å². The third-order valence-corrected chi connectivity index (χ3v) is 6.46. The number of methoxy groups -OCH3 is 1. The Balaban J connectivity index is 1.95. The fraction of sp³-hybridized carbons (Fsp3) is 0.208. The molecular weight excluding hydrogens is 428 g/mol. The van der Waals surface area contributed by atoms with Gasteiger partial charge in [-0.2, -0.15) is 0 Å². The number of carbonyl (C=O) groups is 2. The zero-order valence-electron chi connectivity index (χ0n) is 17.5. The number of Topliss-reactive ketones (excluding diaryl/α,β-unsaturated/α-hetero) is 1. The lowest BCUT2D eigenvalue weighted by Gasteiger charge is -2.12. The molecule has 0 saturated carbocycles. The van der Waals surface area contributed by atoms with Crippen molar-refractivity contribution in [3.8, 4) is 0 Å². The van der Waals surface area contributed by atoms with Crippen LogP contribution >= 0.6 is 11.3 Å². The lowest BCUT2D eigenvalue weighted by atomic mass is 10.1. The van der Waals surface area contributed by atoms with Crippen molar-refractivity contribution in [2.45, 2.75) is 13.2 Å². The molecule has 2 aromatic carbocycles.